The molecule has 2 aliphatic carbocycles. The van der Waals surface area contributed by atoms with E-state index in [1.807, 2.05) is 94.2 Å². The fourth-order valence-electron chi connectivity index (χ4n) is 12.8. The summed E-state index contributed by atoms with van der Waals surface area (Å²) in [6, 6.07) is 27.6. The summed E-state index contributed by atoms with van der Waals surface area (Å²) in [6.45, 7) is 23.2. The van der Waals surface area contributed by atoms with Crippen LogP contribution >= 0.6 is 0 Å². The van der Waals surface area contributed by atoms with E-state index in [1.165, 1.54) is 11.1 Å². The average molecular weight is 1130 g/mol. The number of carboxylic acid groups (broad SMARTS) is 1. The maximum Gasteiger partial charge on any atom is 0.410 e. The van der Waals surface area contributed by atoms with E-state index in [0.717, 1.165) is 74.6 Å². The zero-order valence-electron chi connectivity index (χ0n) is 50.4. The van der Waals surface area contributed by atoms with Gasteiger partial charge in [0.05, 0.1) is 30.0 Å². The number of aryl methyl sites for hydroxylation is 2. The number of amides is 4. The Labute approximate surface area is 487 Å². The van der Waals surface area contributed by atoms with Crippen LogP contribution in [0, 0.1) is 25.2 Å². The molecule has 4 fully saturated rings. The Bertz CT molecular complexity index is 2870. The van der Waals surface area contributed by atoms with E-state index in [9.17, 15) is 24.3 Å². The first kappa shape index (κ1) is 61.6. The number of benzene rings is 4. The highest BCUT2D eigenvalue weighted by molar-refractivity contribution is 6.01. The lowest BCUT2D eigenvalue weighted by Gasteiger charge is -2.44. The molecule has 2 saturated carbocycles. The molecule has 82 heavy (non-hydrogen) atoms. The Morgan fingerprint density at radius 2 is 1.34 bits per heavy atom. The predicted octanol–water partition coefficient (Wildman–Crippen LogP) is 10.0. The maximum atomic E-state index is 15.5. The van der Waals surface area contributed by atoms with Crippen molar-refractivity contribution in [3.63, 3.8) is 0 Å². The minimum absolute atomic E-state index is 0.0213. The van der Waals surface area contributed by atoms with Crippen molar-refractivity contribution in [3.8, 4) is 11.5 Å². The molecule has 16 heteroatoms. The third kappa shape index (κ3) is 15.6. The number of aliphatic carboxylic acids is 1. The zero-order chi connectivity index (χ0) is 58.9. The SMILES string of the molecule is CCCNC(=O)Cc1cccc(OC2CCC(C(=O)N(C)c3ccc(CN4CCN[C@@H](C)C4)c(C)c3)(C(C(=O)O)c3cccc(OC4CCC(C(=O)N(C)c5ccc(CN6CCN(C(=O)OC(C)(C)C)[C@@H](C)C6)c(C)c5)CC4)c3)CC2)c1. The number of anilines is 2. The third-order valence-electron chi connectivity index (χ3n) is 17.3. The monoisotopic (exact) mass is 1130 g/mol. The van der Waals surface area contributed by atoms with E-state index < -0.39 is 22.9 Å². The Morgan fingerprint density at radius 3 is 1.93 bits per heavy atom. The van der Waals surface area contributed by atoms with Crippen molar-refractivity contribution in [1.29, 1.82) is 0 Å². The molecule has 0 aromatic heterocycles. The van der Waals surface area contributed by atoms with Gasteiger partial charge in [-0.25, -0.2) is 4.79 Å². The van der Waals surface area contributed by atoms with Crippen LogP contribution in [0.1, 0.15) is 139 Å². The quantitative estimate of drug-likeness (QED) is 0.0813. The van der Waals surface area contributed by atoms with Crippen LogP contribution in [0.4, 0.5) is 16.2 Å². The molecule has 0 spiro atoms. The van der Waals surface area contributed by atoms with Gasteiger partial charge in [0.25, 0.3) is 0 Å². The molecule has 2 saturated heterocycles. The lowest BCUT2D eigenvalue weighted by molar-refractivity contribution is -0.150. The Morgan fingerprint density at radius 1 is 0.744 bits per heavy atom. The van der Waals surface area contributed by atoms with Crippen molar-refractivity contribution < 1.29 is 43.3 Å². The number of carbonyl (C=O) groups is 5. The average Bonchev–Trinajstić information content (AvgIpc) is 3.07. The van der Waals surface area contributed by atoms with Crippen LogP contribution in [0.5, 0.6) is 11.5 Å². The molecule has 4 aliphatic rings. The fourth-order valence-corrected chi connectivity index (χ4v) is 12.8. The molecular formula is C66H91N7O9. The van der Waals surface area contributed by atoms with E-state index in [1.54, 1.807) is 29.0 Å². The van der Waals surface area contributed by atoms with Crippen LogP contribution in [0.15, 0.2) is 84.9 Å². The highest BCUT2D eigenvalue weighted by atomic mass is 16.6. The lowest BCUT2D eigenvalue weighted by atomic mass is 9.62. The van der Waals surface area contributed by atoms with Crippen molar-refractivity contribution in [2.75, 3.05) is 69.7 Å². The lowest BCUT2D eigenvalue weighted by Crippen LogP contribution is -2.54. The van der Waals surface area contributed by atoms with Gasteiger partial charge in [-0.3, -0.25) is 29.0 Å². The van der Waals surface area contributed by atoms with E-state index in [4.69, 9.17) is 14.2 Å². The minimum atomic E-state index is -1.33. The minimum Gasteiger partial charge on any atom is -0.490 e. The van der Waals surface area contributed by atoms with E-state index >= 15 is 4.79 Å². The summed E-state index contributed by atoms with van der Waals surface area (Å²) in [5.74, 6) is -1.52. The molecule has 3 N–H and O–H groups in total. The van der Waals surface area contributed by atoms with Crippen LogP contribution in [0.3, 0.4) is 0 Å². The molecule has 1 unspecified atom stereocenters. The number of piperazine rings is 2. The zero-order valence-corrected chi connectivity index (χ0v) is 50.4. The van der Waals surface area contributed by atoms with Crippen LogP contribution in [0.25, 0.3) is 0 Å². The summed E-state index contributed by atoms with van der Waals surface area (Å²) in [5, 5.41) is 17.8. The number of hydrogen-bond acceptors (Lipinski definition) is 11. The van der Waals surface area contributed by atoms with Gasteiger partial charge < -0.3 is 44.7 Å². The maximum absolute atomic E-state index is 15.5. The van der Waals surface area contributed by atoms with Gasteiger partial charge in [-0.05, 0) is 188 Å². The second-order valence-corrected chi connectivity index (χ2v) is 24.9. The number of nitrogens with one attached hydrogen (secondary N) is 2. The summed E-state index contributed by atoms with van der Waals surface area (Å²) in [6.07, 6.45) is 4.41. The second kappa shape index (κ2) is 27.3. The molecule has 16 nitrogen and oxygen atoms in total. The Hall–Kier alpha value is -6.49. The van der Waals surface area contributed by atoms with E-state index in [2.05, 4.69) is 66.3 Å². The normalized spacial score (nSPS) is 23.0. The summed E-state index contributed by atoms with van der Waals surface area (Å²) in [7, 11) is 3.61. The smallest absolute Gasteiger partial charge is 0.410 e. The third-order valence-corrected chi connectivity index (χ3v) is 17.3. The highest BCUT2D eigenvalue weighted by Crippen LogP contribution is 2.51. The number of ether oxygens (including phenoxy) is 3. The summed E-state index contributed by atoms with van der Waals surface area (Å²) >= 11 is 0. The van der Waals surface area contributed by atoms with Gasteiger partial charge in [0.1, 0.15) is 17.1 Å². The van der Waals surface area contributed by atoms with E-state index in [-0.39, 0.29) is 67.2 Å². The molecule has 2 heterocycles. The topological polar surface area (TPSA) is 174 Å². The molecule has 8 rings (SSSR count). The van der Waals surface area contributed by atoms with Gasteiger partial charge in [0.15, 0.2) is 0 Å². The number of hydrogen-bond donors (Lipinski definition) is 3. The van der Waals surface area contributed by atoms with Gasteiger partial charge in [-0.1, -0.05) is 43.3 Å². The molecule has 444 valence electrons. The Balaban J connectivity index is 0.928. The molecule has 0 radical (unpaired) electrons. The molecule has 2 aliphatic heterocycles. The van der Waals surface area contributed by atoms with Crippen LogP contribution < -0.4 is 29.9 Å². The standard InChI is InChI=1S/C66H91N7O9/c1-11-30-68-59(74)38-48-14-12-16-57(37-48)81-56-26-28-66(29-27-56,63(78)70(10)54-23-19-51(45(3)36-54)42-71-32-31-67-46(4)40-71)60(62(76)77)50-15-13-17-58(39-50)80-55-24-20-49(21-25-55)61(75)69(9)53-22-18-52(44(2)35-53)43-72-33-34-73(47(5)41-72)64(79)82-65(6,7)8/h12-19,22-23,35-37,39,46-47,49,55-56,60,67H,11,20-21,24-34,38,40-43H2,1-10H3,(H,68,74)(H,76,77)/t46-,47-,49?,55?,56?,60?,66?/m0/s1. The van der Waals surface area contributed by atoms with Crippen LogP contribution in [-0.2, 0) is 43.4 Å². The molecule has 0 bridgehead atoms. The van der Waals surface area contributed by atoms with Gasteiger partial charge in [-0.15, -0.1) is 0 Å². The number of carbonyl (C=O) groups excluding carboxylic acids is 4. The molecule has 4 aromatic rings. The van der Waals surface area contributed by atoms with Crippen molar-refractivity contribution in [2.45, 2.75) is 168 Å². The van der Waals surface area contributed by atoms with E-state index in [0.29, 0.717) is 80.4 Å². The number of rotatable bonds is 19. The highest BCUT2D eigenvalue weighted by Gasteiger charge is 2.53. The number of nitrogens with zero attached hydrogens (tertiary/aromatic N) is 5. The molecule has 3 atom stereocenters. The van der Waals surface area contributed by atoms with Gasteiger partial charge in [0, 0.05) is 102 Å². The summed E-state index contributed by atoms with van der Waals surface area (Å²) in [5.41, 5.74) is 5.57. The summed E-state index contributed by atoms with van der Waals surface area (Å²) in [4.78, 5) is 78.9. The second-order valence-electron chi connectivity index (χ2n) is 24.9. The Kier molecular flexibility index (Phi) is 20.5. The van der Waals surface area contributed by atoms with Crippen molar-refractivity contribution >= 4 is 41.2 Å². The van der Waals surface area contributed by atoms with Gasteiger partial charge >= 0.3 is 12.1 Å². The largest absolute Gasteiger partial charge is 0.490 e. The molecule has 4 aromatic carbocycles. The molecule has 4 amide bonds. The van der Waals surface area contributed by atoms with Crippen molar-refractivity contribution in [3.05, 3.63) is 118 Å². The number of carboxylic acids is 1. The van der Waals surface area contributed by atoms with Crippen LogP contribution in [0.2, 0.25) is 0 Å². The first-order chi connectivity index (χ1) is 39.1. The fraction of sp³-hybridized carbons (Fsp3) is 0.561. The van der Waals surface area contributed by atoms with Crippen molar-refractivity contribution in [1.82, 2.24) is 25.3 Å². The van der Waals surface area contributed by atoms with Crippen molar-refractivity contribution in [2.24, 2.45) is 11.3 Å². The van der Waals surface area contributed by atoms with Gasteiger partial charge in [0.2, 0.25) is 17.7 Å². The summed E-state index contributed by atoms with van der Waals surface area (Å²) < 4.78 is 18.9. The van der Waals surface area contributed by atoms with Gasteiger partial charge in [-0.2, -0.15) is 0 Å². The predicted molar refractivity (Wildman–Crippen MR) is 322 cm³/mol. The molecular weight excluding hydrogens is 1030 g/mol. The first-order valence-corrected chi connectivity index (χ1v) is 30.0. The van der Waals surface area contributed by atoms with Crippen LogP contribution in [-0.4, -0.2) is 139 Å². The first-order valence-electron chi connectivity index (χ1n) is 30.0.